The number of carbonyl (C=O) groups excluding carboxylic acids is 2. The van der Waals surface area contributed by atoms with Crippen molar-refractivity contribution in [1.29, 1.82) is 0 Å². The smallest absolute Gasteiger partial charge is 0.321 e. The van der Waals surface area contributed by atoms with Crippen LogP contribution in [0.4, 0.5) is 4.79 Å². The number of nitrogens with one attached hydrogen (secondary N) is 2. The number of hydrogen-bond donors (Lipinski definition) is 2. The van der Waals surface area contributed by atoms with Crippen molar-refractivity contribution in [1.82, 2.24) is 15.5 Å². The molecule has 1 aromatic rings. The molecule has 0 saturated carbocycles. The lowest BCUT2D eigenvalue weighted by molar-refractivity contribution is -0.121. The summed E-state index contributed by atoms with van der Waals surface area (Å²) < 4.78 is 10.6. The van der Waals surface area contributed by atoms with Gasteiger partial charge in [0.1, 0.15) is 0 Å². The first-order valence-corrected chi connectivity index (χ1v) is 7.42. The van der Waals surface area contributed by atoms with E-state index in [4.69, 9.17) is 9.47 Å². The Balaban J connectivity index is 1.81. The maximum Gasteiger partial charge on any atom is 0.321 e. The van der Waals surface area contributed by atoms with Gasteiger partial charge in [-0.1, -0.05) is 6.07 Å². The van der Waals surface area contributed by atoms with Crippen LogP contribution in [0.3, 0.4) is 0 Å². The lowest BCUT2D eigenvalue weighted by Crippen LogP contribution is -2.50. The summed E-state index contributed by atoms with van der Waals surface area (Å²) in [5.74, 6) is 1.09. The van der Waals surface area contributed by atoms with Gasteiger partial charge in [0.2, 0.25) is 12.7 Å². The molecule has 7 nitrogen and oxygen atoms in total. The van der Waals surface area contributed by atoms with Gasteiger partial charge in [-0.15, -0.1) is 0 Å². The maximum absolute atomic E-state index is 11.9. The zero-order chi connectivity index (χ0) is 17.0. The lowest BCUT2D eigenvalue weighted by Gasteiger charge is -2.21. The van der Waals surface area contributed by atoms with E-state index in [1.54, 1.807) is 0 Å². The summed E-state index contributed by atoms with van der Waals surface area (Å²) in [4.78, 5) is 25.3. The molecule has 3 amide bonds. The summed E-state index contributed by atoms with van der Waals surface area (Å²) in [6, 6.07) is 5.18. The third kappa shape index (κ3) is 5.45. The molecule has 0 unspecified atom stereocenters. The molecule has 0 radical (unpaired) electrons. The molecule has 126 valence electrons. The van der Waals surface area contributed by atoms with Crippen LogP contribution in [0.2, 0.25) is 0 Å². The number of benzene rings is 1. The van der Waals surface area contributed by atoms with Crippen LogP contribution in [-0.2, 0) is 11.3 Å². The summed E-state index contributed by atoms with van der Waals surface area (Å²) in [6.45, 7) is 6.46. The number of imide groups is 1. The van der Waals surface area contributed by atoms with Gasteiger partial charge in [0.05, 0.1) is 6.54 Å². The van der Waals surface area contributed by atoms with E-state index in [1.165, 1.54) is 0 Å². The van der Waals surface area contributed by atoms with Gasteiger partial charge in [-0.3, -0.25) is 15.0 Å². The first-order chi connectivity index (χ1) is 10.7. The third-order valence-electron chi connectivity index (χ3n) is 3.04. The zero-order valence-electron chi connectivity index (χ0n) is 13.9. The molecule has 2 N–H and O–H groups in total. The van der Waals surface area contributed by atoms with E-state index in [-0.39, 0.29) is 24.8 Å². The number of nitrogens with zero attached hydrogens (tertiary/aromatic N) is 1. The van der Waals surface area contributed by atoms with Crippen molar-refractivity contribution in [2.45, 2.75) is 32.9 Å². The summed E-state index contributed by atoms with van der Waals surface area (Å²) in [5, 5.41) is 5.00. The molecule has 0 aromatic heterocycles. The van der Waals surface area contributed by atoms with Gasteiger partial charge in [-0.2, -0.15) is 0 Å². The minimum Gasteiger partial charge on any atom is -0.454 e. The van der Waals surface area contributed by atoms with Crippen molar-refractivity contribution in [2.75, 3.05) is 20.4 Å². The minimum atomic E-state index is -0.487. The van der Waals surface area contributed by atoms with Crippen LogP contribution in [-0.4, -0.2) is 42.8 Å². The second-order valence-corrected chi connectivity index (χ2v) is 6.61. The number of rotatable bonds is 4. The number of hydrogen-bond acceptors (Lipinski definition) is 5. The number of amides is 3. The van der Waals surface area contributed by atoms with E-state index < -0.39 is 6.03 Å². The monoisotopic (exact) mass is 321 g/mol. The van der Waals surface area contributed by atoms with Crippen molar-refractivity contribution in [3.8, 4) is 11.5 Å². The minimum absolute atomic E-state index is 0.117. The summed E-state index contributed by atoms with van der Waals surface area (Å²) in [7, 11) is 1.81. The normalized spacial score (nSPS) is 13.1. The average Bonchev–Trinajstić information content (AvgIpc) is 2.82. The fourth-order valence-electron chi connectivity index (χ4n) is 2.19. The standard InChI is InChI=1S/C16H23N3O4/c1-16(2,3)18-15(21)17-14(20)9-19(4)8-11-5-6-12-13(7-11)23-10-22-12/h5-7H,8-10H2,1-4H3,(H2,17,18,20,21). The molecule has 0 atom stereocenters. The van der Waals surface area contributed by atoms with Crippen LogP contribution in [0.25, 0.3) is 0 Å². The highest BCUT2D eigenvalue weighted by molar-refractivity contribution is 5.95. The third-order valence-corrected chi connectivity index (χ3v) is 3.04. The molecule has 1 aliphatic rings. The van der Waals surface area contributed by atoms with Crippen LogP contribution >= 0.6 is 0 Å². The highest BCUT2D eigenvalue weighted by atomic mass is 16.7. The van der Waals surface area contributed by atoms with Crippen LogP contribution in [0.5, 0.6) is 11.5 Å². The summed E-state index contributed by atoms with van der Waals surface area (Å²) in [5.41, 5.74) is 0.617. The fourth-order valence-corrected chi connectivity index (χ4v) is 2.19. The van der Waals surface area contributed by atoms with Gasteiger partial charge in [-0.25, -0.2) is 4.79 Å². The van der Waals surface area contributed by atoms with Crippen molar-refractivity contribution in [3.63, 3.8) is 0 Å². The van der Waals surface area contributed by atoms with Gasteiger partial charge in [0.15, 0.2) is 11.5 Å². The predicted molar refractivity (Wildman–Crippen MR) is 85.3 cm³/mol. The molecule has 7 heteroatoms. The average molecular weight is 321 g/mol. The molecule has 23 heavy (non-hydrogen) atoms. The second kappa shape index (κ2) is 6.87. The molecule has 0 bridgehead atoms. The largest absolute Gasteiger partial charge is 0.454 e. The highest BCUT2D eigenvalue weighted by Gasteiger charge is 2.17. The van der Waals surface area contributed by atoms with E-state index in [1.807, 2.05) is 50.9 Å². The van der Waals surface area contributed by atoms with Crippen molar-refractivity contribution >= 4 is 11.9 Å². The van der Waals surface area contributed by atoms with E-state index in [0.29, 0.717) is 12.3 Å². The number of ether oxygens (including phenoxy) is 2. The van der Waals surface area contributed by atoms with Crippen LogP contribution in [0.15, 0.2) is 18.2 Å². The first-order valence-electron chi connectivity index (χ1n) is 7.42. The quantitative estimate of drug-likeness (QED) is 0.878. The molecule has 1 heterocycles. The summed E-state index contributed by atoms with van der Waals surface area (Å²) in [6.07, 6.45) is 0. The van der Waals surface area contributed by atoms with Gasteiger partial charge in [-0.05, 0) is 45.5 Å². The molecule has 1 aliphatic heterocycles. The Morgan fingerprint density at radius 2 is 1.91 bits per heavy atom. The SMILES string of the molecule is CN(CC(=O)NC(=O)NC(C)(C)C)Cc1ccc2c(c1)OCO2. The van der Waals surface area contributed by atoms with Crippen molar-refractivity contribution in [2.24, 2.45) is 0 Å². The second-order valence-electron chi connectivity index (χ2n) is 6.61. The van der Waals surface area contributed by atoms with Crippen LogP contribution < -0.4 is 20.1 Å². The highest BCUT2D eigenvalue weighted by Crippen LogP contribution is 2.32. The Hall–Kier alpha value is -2.28. The zero-order valence-corrected chi connectivity index (χ0v) is 13.9. The molecule has 1 aromatic carbocycles. The molecule has 0 aliphatic carbocycles. The first kappa shape index (κ1) is 17.1. The van der Waals surface area contributed by atoms with Gasteiger partial charge >= 0.3 is 6.03 Å². The molecule has 0 fully saturated rings. The van der Waals surface area contributed by atoms with Crippen LogP contribution in [0, 0.1) is 0 Å². The van der Waals surface area contributed by atoms with E-state index in [9.17, 15) is 9.59 Å². The van der Waals surface area contributed by atoms with E-state index in [2.05, 4.69) is 10.6 Å². The van der Waals surface area contributed by atoms with E-state index >= 15 is 0 Å². The molecule has 0 spiro atoms. The molecule has 0 saturated heterocycles. The Labute approximate surface area is 135 Å². The van der Waals surface area contributed by atoms with Crippen molar-refractivity contribution in [3.05, 3.63) is 23.8 Å². The Morgan fingerprint density at radius 1 is 1.22 bits per heavy atom. The Kier molecular flexibility index (Phi) is 5.10. The number of likely N-dealkylation sites (N-methyl/N-ethyl adjacent to an activating group) is 1. The molecular weight excluding hydrogens is 298 g/mol. The van der Waals surface area contributed by atoms with Gasteiger partial charge < -0.3 is 14.8 Å². The maximum atomic E-state index is 11.9. The lowest BCUT2D eigenvalue weighted by atomic mass is 10.1. The Morgan fingerprint density at radius 3 is 2.61 bits per heavy atom. The van der Waals surface area contributed by atoms with Gasteiger partial charge in [0, 0.05) is 12.1 Å². The molecule has 2 rings (SSSR count). The Bertz CT molecular complexity index is 595. The van der Waals surface area contributed by atoms with Gasteiger partial charge in [0.25, 0.3) is 0 Å². The topological polar surface area (TPSA) is 79.9 Å². The van der Waals surface area contributed by atoms with Crippen LogP contribution in [0.1, 0.15) is 26.3 Å². The molecular formula is C16H23N3O4. The summed E-state index contributed by atoms with van der Waals surface area (Å²) >= 11 is 0. The van der Waals surface area contributed by atoms with E-state index in [0.717, 1.165) is 11.3 Å². The predicted octanol–water partition coefficient (Wildman–Crippen LogP) is 1.47. The van der Waals surface area contributed by atoms with Crippen molar-refractivity contribution < 1.29 is 19.1 Å². The fraction of sp³-hybridized carbons (Fsp3) is 0.500. The number of fused-ring (bicyclic) bond motifs is 1. The number of urea groups is 1. The number of carbonyl (C=O) groups is 2.